The fourth-order valence-electron chi connectivity index (χ4n) is 4.59. The largest absolute Gasteiger partial charge is 0.337 e. The summed E-state index contributed by atoms with van der Waals surface area (Å²) >= 11 is 0. The molecule has 0 radical (unpaired) electrons. The van der Waals surface area contributed by atoms with Crippen LogP contribution in [0.5, 0.6) is 0 Å². The molecular weight excluding hydrogens is 486 g/mol. The first-order valence-electron chi connectivity index (χ1n) is 12.2. The molecule has 4 aromatic rings. The molecule has 0 spiro atoms. The number of Topliss-reactive ketones (excluding diaryl/α,β-unsaturated/α-hetero) is 1. The van der Waals surface area contributed by atoms with E-state index < -0.39 is 10.0 Å². The number of benzene rings is 3. The first-order valence-corrected chi connectivity index (χ1v) is 13.7. The zero-order chi connectivity index (χ0) is 26.0. The van der Waals surface area contributed by atoms with Crippen molar-refractivity contribution in [3.63, 3.8) is 0 Å². The summed E-state index contributed by atoms with van der Waals surface area (Å²) in [6.45, 7) is 0.291. The second kappa shape index (κ2) is 10.3. The lowest BCUT2D eigenvalue weighted by atomic mass is 10.1. The lowest BCUT2D eigenvalue weighted by molar-refractivity contribution is -0.119. The molecule has 3 aromatic carbocycles. The van der Waals surface area contributed by atoms with Gasteiger partial charge in [0.05, 0.1) is 22.5 Å². The summed E-state index contributed by atoms with van der Waals surface area (Å²) in [6.07, 6.45) is 3.40. The highest BCUT2D eigenvalue weighted by Crippen LogP contribution is 2.30. The van der Waals surface area contributed by atoms with Gasteiger partial charge in [-0.25, -0.2) is 18.4 Å². The van der Waals surface area contributed by atoms with Crippen LogP contribution in [0.2, 0.25) is 0 Å². The Morgan fingerprint density at radius 2 is 1.62 bits per heavy atom. The topological polar surface area (TPSA) is 104 Å². The van der Waals surface area contributed by atoms with E-state index in [-0.39, 0.29) is 22.9 Å². The van der Waals surface area contributed by atoms with Crippen molar-refractivity contribution in [2.45, 2.75) is 30.6 Å². The Morgan fingerprint density at radius 3 is 2.38 bits per heavy atom. The average molecular weight is 516 g/mol. The lowest BCUT2D eigenvalue weighted by Gasteiger charge is -2.15. The van der Waals surface area contributed by atoms with Gasteiger partial charge in [0, 0.05) is 12.1 Å². The number of likely N-dealkylation sites (N-methyl/N-ethyl adjacent to an activating group) is 1. The quantitative estimate of drug-likeness (QED) is 0.342. The van der Waals surface area contributed by atoms with Crippen LogP contribution in [0.3, 0.4) is 0 Å². The standard InChI is InChI=1S/C28H29N5O3S/c1-33(2)18-23(34)15-19-7-5-10-24(16-19)37(35,36)32-28-27(30-25-11-3-4-12-26(25)31-28)29-22-14-13-20-8-6-9-21(20)17-22/h3-5,7,10-14,16-17H,6,8-9,15,18H2,1-2H3,(H,29,30)(H,31,32). The predicted octanol–water partition coefficient (Wildman–Crippen LogP) is 4.34. The number of hydrogen-bond acceptors (Lipinski definition) is 7. The van der Waals surface area contributed by atoms with Crippen molar-refractivity contribution in [3.05, 3.63) is 83.4 Å². The molecule has 1 heterocycles. The van der Waals surface area contributed by atoms with Gasteiger partial charge in [-0.05, 0) is 86.4 Å². The summed E-state index contributed by atoms with van der Waals surface area (Å²) < 4.78 is 29.4. The predicted molar refractivity (Wildman–Crippen MR) is 146 cm³/mol. The Bertz CT molecular complexity index is 1580. The maximum Gasteiger partial charge on any atom is 0.263 e. The van der Waals surface area contributed by atoms with Gasteiger partial charge in [0.1, 0.15) is 0 Å². The van der Waals surface area contributed by atoms with Crippen LogP contribution < -0.4 is 10.0 Å². The number of aryl methyl sites for hydroxylation is 2. The van der Waals surface area contributed by atoms with E-state index in [2.05, 4.69) is 32.1 Å². The van der Waals surface area contributed by atoms with E-state index in [4.69, 9.17) is 0 Å². The van der Waals surface area contributed by atoms with Gasteiger partial charge >= 0.3 is 0 Å². The summed E-state index contributed by atoms with van der Waals surface area (Å²) in [5.74, 6) is 0.430. The van der Waals surface area contributed by atoms with Gasteiger partial charge in [-0.2, -0.15) is 0 Å². The fourth-order valence-corrected chi connectivity index (χ4v) is 5.67. The number of carbonyl (C=O) groups is 1. The van der Waals surface area contributed by atoms with Crippen LogP contribution >= 0.6 is 0 Å². The van der Waals surface area contributed by atoms with Crippen LogP contribution in [-0.2, 0) is 34.1 Å². The number of nitrogens with one attached hydrogen (secondary N) is 2. The van der Waals surface area contributed by atoms with Crippen LogP contribution in [-0.4, -0.2) is 49.7 Å². The zero-order valence-corrected chi connectivity index (χ0v) is 21.7. The number of para-hydroxylation sites is 2. The van der Waals surface area contributed by atoms with Crippen molar-refractivity contribution in [1.82, 2.24) is 14.9 Å². The molecule has 1 aliphatic rings. The second-order valence-electron chi connectivity index (χ2n) is 9.58. The normalized spacial score (nSPS) is 13.1. The summed E-state index contributed by atoms with van der Waals surface area (Å²) in [6, 6.07) is 19.9. The number of carbonyl (C=O) groups excluding carboxylic acids is 1. The van der Waals surface area contributed by atoms with E-state index >= 15 is 0 Å². The van der Waals surface area contributed by atoms with Gasteiger partial charge in [0.2, 0.25) is 0 Å². The number of rotatable bonds is 9. The number of sulfonamides is 1. The Labute approximate surface area is 216 Å². The third-order valence-corrected chi connectivity index (χ3v) is 7.60. The molecule has 0 saturated carbocycles. The smallest absolute Gasteiger partial charge is 0.263 e. The maximum atomic E-state index is 13.4. The van der Waals surface area contributed by atoms with E-state index in [0.717, 1.165) is 24.9 Å². The first-order chi connectivity index (χ1) is 17.8. The molecule has 0 aliphatic heterocycles. The lowest BCUT2D eigenvalue weighted by Crippen LogP contribution is -2.23. The van der Waals surface area contributed by atoms with Gasteiger partial charge in [0.25, 0.3) is 10.0 Å². The zero-order valence-electron chi connectivity index (χ0n) is 20.9. The SMILES string of the molecule is CN(C)CC(=O)Cc1cccc(S(=O)(=O)Nc2nc3ccccc3nc2Nc2ccc3c(c2)CCC3)c1. The third-order valence-electron chi connectivity index (χ3n) is 6.27. The molecule has 5 rings (SSSR count). The minimum atomic E-state index is -4.00. The Hall–Kier alpha value is -3.82. The molecule has 9 heteroatoms. The molecule has 1 aromatic heterocycles. The number of fused-ring (bicyclic) bond motifs is 2. The molecule has 0 saturated heterocycles. The number of anilines is 3. The first kappa shape index (κ1) is 24.9. The van der Waals surface area contributed by atoms with Gasteiger partial charge in [0.15, 0.2) is 17.4 Å². The number of aromatic nitrogens is 2. The molecular formula is C28H29N5O3S. The minimum absolute atomic E-state index is 0.00809. The third kappa shape index (κ3) is 5.79. The van der Waals surface area contributed by atoms with Crippen molar-refractivity contribution in [2.75, 3.05) is 30.7 Å². The molecule has 2 N–H and O–H groups in total. The Balaban J connectivity index is 1.46. The molecule has 8 nitrogen and oxygen atoms in total. The van der Waals surface area contributed by atoms with Crippen molar-refractivity contribution in [3.8, 4) is 0 Å². The fraction of sp³-hybridized carbons (Fsp3) is 0.250. The van der Waals surface area contributed by atoms with Gasteiger partial charge in [-0.3, -0.25) is 9.52 Å². The van der Waals surface area contributed by atoms with Crippen LogP contribution in [0, 0.1) is 0 Å². The second-order valence-corrected chi connectivity index (χ2v) is 11.3. The molecule has 0 bridgehead atoms. The summed E-state index contributed by atoms with van der Waals surface area (Å²) in [5, 5.41) is 3.27. The minimum Gasteiger partial charge on any atom is -0.337 e. The van der Waals surface area contributed by atoms with Crippen molar-refractivity contribution in [2.24, 2.45) is 0 Å². The van der Waals surface area contributed by atoms with Gasteiger partial charge < -0.3 is 10.2 Å². The highest BCUT2D eigenvalue weighted by atomic mass is 32.2. The summed E-state index contributed by atoms with van der Waals surface area (Å²) in [5.41, 5.74) is 5.32. The van der Waals surface area contributed by atoms with Crippen LogP contribution in [0.15, 0.2) is 71.6 Å². The molecule has 37 heavy (non-hydrogen) atoms. The Morgan fingerprint density at radius 1 is 0.892 bits per heavy atom. The number of ketones is 1. The summed E-state index contributed by atoms with van der Waals surface area (Å²) in [4.78, 5) is 23.4. The summed E-state index contributed by atoms with van der Waals surface area (Å²) in [7, 11) is -0.360. The molecule has 0 fully saturated rings. The van der Waals surface area contributed by atoms with Crippen LogP contribution in [0.25, 0.3) is 11.0 Å². The van der Waals surface area contributed by atoms with Crippen molar-refractivity contribution >= 4 is 44.2 Å². The molecule has 0 unspecified atom stereocenters. The van der Waals surface area contributed by atoms with Crippen molar-refractivity contribution in [1.29, 1.82) is 0 Å². The Kier molecular flexibility index (Phi) is 6.90. The molecule has 0 amide bonds. The maximum absolute atomic E-state index is 13.4. The highest BCUT2D eigenvalue weighted by molar-refractivity contribution is 7.92. The van der Waals surface area contributed by atoms with Gasteiger partial charge in [-0.15, -0.1) is 0 Å². The highest BCUT2D eigenvalue weighted by Gasteiger charge is 2.20. The van der Waals surface area contributed by atoms with E-state index in [0.29, 0.717) is 29.0 Å². The molecule has 0 atom stereocenters. The van der Waals surface area contributed by atoms with Crippen molar-refractivity contribution < 1.29 is 13.2 Å². The van der Waals surface area contributed by atoms with E-state index in [1.807, 2.05) is 38.4 Å². The molecule has 190 valence electrons. The van der Waals surface area contributed by atoms with Crippen LogP contribution in [0.1, 0.15) is 23.1 Å². The van der Waals surface area contributed by atoms with E-state index in [1.54, 1.807) is 23.1 Å². The van der Waals surface area contributed by atoms with Gasteiger partial charge in [-0.1, -0.05) is 30.3 Å². The number of nitrogens with zero attached hydrogens (tertiary/aromatic N) is 3. The van der Waals surface area contributed by atoms with E-state index in [9.17, 15) is 13.2 Å². The molecule has 1 aliphatic carbocycles. The number of hydrogen-bond donors (Lipinski definition) is 2. The van der Waals surface area contributed by atoms with E-state index in [1.165, 1.54) is 23.3 Å². The average Bonchev–Trinajstić information content (AvgIpc) is 3.32. The monoisotopic (exact) mass is 515 g/mol. The van der Waals surface area contributed by atoms with Crippen LogP contribution in [0.4, 0.5) is 17.3 Å².